The van der Waals surface area contributed by atoms with Gasteiger partial charge in [-0.25, -0.2) is 0 Å². The minimum atomic E-state index is 0.366. The third-order valence-electron chi connectivity index (χ3n) is 2.91. The maximum Gasteiger partial charge on any atom is 0.0716 e. The molecule has 0 atom stereocenters. The average Bonchev–Trinajstić information content (AvgIpc) is 2.30. The summed E-state index contributed by atoms with van der Waals surface area (Å²) in [6.45, 7) is 7.22. The Morgan fingerprint density at radius 2 is 1.88 bits per heavy atom. The van der Waals surface area contributed by atoms with Crippen molar-refractivity contribution in [3.05, 3.63) is 35.9 Å². The van der Waals surface area contributed by atoms with E-state index in [0.29, 0.717) is 5.41 Å². The molecule has 0 aromatic heterocycles. The Kier molecular flexibility index (Phi) is 6.23. The lowest BCUT2D eigenvalue weighted by molar-refractivity contribution is 0.108. The van der Waals surface area contributed by atoms with Crippen LogP contribution in [0.15, 0.2) is 30.3 Å². The van der Waals surface area contributed by atoms with Crippen molar-refractivity contribution in [3.63, 3.8) is 0 Å². The monoisotopic (exact) mass is 235 g/mol. The van der Waals surface area contributed by atoms with Crippen LogP contribution >= 0.6 is 0 Å². The molecule has 2 heteroatoms. The van der Waals surface area contributed by atoms with Crippen LogP contribution in [0, 0.1) is 5.41 Å². The van der Waals surface area contributed by atoms with Crippen LogP contribution in [0.25, 0.3) is 0 Å². The van der Waals surface area contributed by atoms with Crippen LogP contribution in [0.2, 0.25) is 0 Å². The Morgan fingerprint density at radius 3 is 2.53 bits per heavy atom. The summed E-state index contributed by atoms with van der Waals surface area (Å²) in [5.41, 5.74) is 1.62. The summed E-state index contributed by atoms with van der Waals surface area (Å²) in [6.07, 6.45) is 2.32. The predicted octanol–water partition coefficient (Wildman–Crippen LogP) is 3.23. The van der Waals surface area contributed by atoms with Crippen molar-refractivity contribution in [2.75, 3.05) is 20.2 Å². The highest BCUT2D eigenvalue weighted by Crippen LogP contribution is 2.20. The molecule has 2 nitrogen and oxygen atoms in total. The molecule has 96 valence electrons. The van der Waals surface area contributed by atoms with Gasteiger partial charge in [0.05, 0.1) is 6.61 Å². The van der Waals surface area contributed by atoms with Crippen LogP contribution in [0.5, 0.6) is 0 Å². The molecule has 0 radical (unpaired) electrons. The van der Waals surface area contributed by atoms with Gasteiger partial charge in [-0.15, -0.1) is 0 Å². The number of ether oxygens (including phenoxy) is 1. The van der Waals surface area contributed by atoms with Gasteiger partial charge in [0.15, 0.2) is 0 Å². The fourth-order valence-corrected chi connectivity index (χ4v) is 1.98. The van der Waals surface area contributed by atoms with E-state index in [4.69, 9.17) is 4.74 Å². The van der Waals surface area contributed by atoms with Gasteiger partial charge >= 0.3 is 0 Å². The Bertz CT molecular complexity index is 295. The largest absolute Gasteiger partial charge is 0.377 e. The molecule has 0 aliphatic carbocycles. The van der Waals surface area contributed by atoms with Gasteiger partial charge in [0.2, 0.25) is 0 Å². The Hall–Kier alpha value is -0.860. The van der Waals surface area contributed by atoms with Gasteiger partial charge < -0.3 is 10.1 Å². The highest BCUT2D eigenvalue weighted by atomic mass is 16.5. The predicted molar refractivity (Wildman–Crippen MR) is 73.0 cm³/mol. The molecule has 17 heavy (non-hydrogen) atoms. The normalized spacial score (nSPS) is 11.7. The van der Waals surface area contributed by atoms with Gasteiger partial charge in [-0.05, 0) is 37.4 Å². The lowest BCUT2D eigenvalue weighted by Gasteiger charge is -2.23. The standard InChI is InChI=1S/C15H25NO/c1-15(2,13-16-3)10-7-11-17-12-14-8-5-4-6-9-14/h4-6,8-9,16H,7,10-13H2,1-3H3. The van der Waals surface area contributed by atoms with Crippen LogP contribution in [-0.4, -0.2) is 20.2 Å². The molecule has 0 spiro atoms. The van der Waals surface area contributed by atoms with Crippen molar-refractivity contribution in [2.45, 2.75) is 33.3 Å². The summed E-state index contributed by atoms with van der Waals surface area (Å²) in [5.74, 6) is 0. The molecular weight excluding hydrogens is 210 g/mol. The van der Waals surface area contributed by atoms with Crippen molar-refractivity contribution >= 4 is 0 Å². The SMILES string of the molecule is CNCC(C)(C)CCCOCc1ccccc1. The topological polar surface area (TPSA) is 21.3 Å². The molecule has 0 heterocycles. The van der Waals surface area contributed by atoms with Gasteiger partial charge in [0.25, 0.3) is 0 Å². The fraction of sp³-hybridized carbons (Fsp3) is 0.600. The first-order chi connectivity index (χ1) is 8.14. The van der Waals surface area contributed by atoms with Gasteiger partial charge in [0, 0.05) is 6.61 Å². The van der Waals surface area contributed by atoms with E-state index in [1.807, 2.05) is 13.1 Å². The minimum Gasteiger partial charge on any atom is -0.377 e. The van der Waals surface area contributed by atoms with Gasteiger partial charge in [0.1, 0.15) is 0 Å². The highest BCUT2D eigenvalue weighted by molar-refractivity contribution is 5.13. The quantitative estimate of drug-likeness (QED) is 0.698. The second-order valence-electron chi connectivity index (χ2n) is 5.34. The van der Waals surface area contributed by atoms with Crippen LogP contribution in [0.3, 0.4) is 0 Å². The molecule has 0 amide bonds. The van der Waals surface area contributed by atoms with E-state index in [2.05, 4.69) is 43.4 Å². The molecule has 0 saturated heterocycles. The third-order valence-corrected chi connectivity index (χ3v) is 2.91. The van der Waals surface area contributed by atoms with Gasteiger partial charge in [-0.3, -0.25) is 0 Å². The number of benzene rings is 1. The van der Waals surface area contributed by atoms with Crippen LogP contribution < -0.4 is 5.32 Å². The van der Waals surface area contributed by atoms with Crippen molar-refractivity contribution in [2.24, 2.45) is 5.41 Å². The summed E-state index contributed by atoms with van der Waals surface area (Å²) in [4.78, 5) is 0. The van der Waals surface area contributed by atoms with Crippen LogP contribution in [0.1, 0.15) is 32.3 Å². The number of hydrogen-bond donors (Lipinski definition) is 1. The second-order valence-corrected chi connectivity index (χ2v) is 5.34. The first-order valence-corrected chi connectivity index (χ1v) is 6.40. The molecule has 0 fully saturated rings. The summed E-state index contributed by atoms with van der Waals surface area (Å²) < 4.78 is 5.67. The average molecular weight is 235 g/mol. The van der Waals surface area contributed by atoms with Crippen LogP contribution in [-0.2, 0) is 11.3 Å². The van der Waals surface area contributed by atoms with Crippen LogP contribution in [0.4, 0.5) is 0 Å². The van der Waals surface area contributed by atoms with Crippen molar-refractivity contribution in [1.29, 1.82) is 0 Å². The van der Waals surface area contributed by atoms with Gasteiger partial charge in [-0.2, -0.15) is 0 Å². The summed E-state index contributed by atoms with van der Waals surface area (Å²) in [6, 6.07) is 10.3. The van der Waals surface area contributed by atoms with E-state index in [1.165, 1.54) is 12.0 Å². The Labute approximate surface area is 105 Å². The fourth-order valence-electron chi connectivity index (χ4n) is 1.98. The smallest absolute Gasteiger partial charge is 0.0716 e. The van der Waals surface area contributed by atoms with E-state index >= 15 is 0 Å². The minimum absolute atomic E-state index is 0.366. The number of nitrogens with one attached hydrogen (secondary N) is 1. The molecule has 0 bridgehead atoms. The van der Waals surface area contributed by atoms with E-state index in [-0.39, 0.29) is 0 Å². The van der Waals surface area contributed by atoms with Gasteiger partial charge in [-0.1, -0.05) is 44.2 Å². The molecule has 0 unspecified atom stereocenters. The van der Waals surface area contributed by atoms with E-state index in [1.54, 1.807) is 0 Å². The Morgan fingerprint density at radius 1 is 1.18 bits per heavy atom. The number of rotatable bonds is 8. The zero-order valence-electron chi connectivity index (χ0n) is 11.3. The van der Waals surface area contributed by atoms with E-state index < -0.39 is 0 Å². The zero-order valence-corrected chi connectivity index (χ0v) is 11.3. The molecule has 1 aromatic carbocycles. The van der Waals surface area contributed by atoms with Crippen molar-refractivity contribution in [1.82, 2.24) is 5.32 Å². The first kappa shape index (κ1) is 14.2. The molecule has 0 aliphatic rings. The summed E-state index contributed by atoms with van der Waals surface area (Å²) >= 11 is 0. The van der Waals surface area contributed by atoms with E-state index in [0.717, 1.165) is 26.2 Å². The lowest BCUT2D eigenvalue weighted by Crippen LogP contribution is -2.26. The van der Waals surface area contributed by atoms with Crippen molar-refractivity contribution in [3.8, 4) is 0 Å². The Balaban J connectivity index is 2.09. The molecule has 1 N–H and O–H groups in total. The van der Waals surface area contributed by atoms with E-state index in [9.17, 15) is 0 Å². The molecule has 0 saturated carbocycles. The molecular formula is C15H25NO. The molecule has 0 aliphatic heterocycles. The lowest BCUT2D eigenvalue weighted by atomic mass is 9.88. The molecule has 1 aromatic rings. The summed E-state index contributed by atoms with van der Waals surface area (Å²) in [5, 5.41) is 3.23. The maximum absolute atomic E-state index is 5.67. The highest BCUT2D eigenvalue weighted by Gasteiger charge is 2.15. The maximum atomic E-state index is 5.67. The molecule has 1 rings (SSSR count). The summed E-state index contributed by atoms with van der Waals surface area (Å²) in [7, 11) is 2.01. The second kappa shape index (κ2) is 7.46. The zero-order chi connectivity index (χ0) is 12.6. The first-order valence-electron chi connectivity index (χ1n) is 6.40. The third kappa shape index (κ3) is 6.44. The number of hydrogen-bond acceptors (Lipinski definition) is 2. The van der Waals surface area contributed by atoms with Crippen molar-refractivity contribution < 1.29 is 4.74 Å².